The molecule has 0 aliphatic carbocycles. The van der Waals surface area contributed by atoms with E-state index in [1.165, 1.54) is 12.8 Å². The molecule has 0 aromatic rings. The molecule has 2 aliphatic rings. The van der Waals surface area contributed by atoms with Gasteiger partial charge in [-0.1, -0.05) is 20.8 Å². The molecular formula is C16H33N3O. The van der Waals surface area contributed by atoms with Crippen LogP contribution >= 0.6 is 0 Å². The van der Waals surface area contributed by atoms with Crippen LogP contribution in [0.25, 0.3) is 0 Å². The second kappa shape index (κ2) is 7.21. The molecule has 2 unspecified atom stereocenters. The lowest BCUT2D eigenvalue weighted by Crippen LogP contribution is -2.64. The summed E-state index contributed by atoms with van der Waals surface area (Å²) in [5.74, 6) is 0. The quantitative estimate of drug-likeness (QED) is 0.829. The van der Waals surface area contributed by atoms with E-state index in [-0.39, 0.29) is 0 Å². The van der Waals surface area contributed by atoms with Crippen LogP contribution in [-0.4, -0.2) is 73.4 Å². The van der Waals surface area contributed by atoms with Crippen molar-refractivity contribution in [2.24, 2.45) is 0 Å². The summed E-state index contributed by atoms with van der Waals surface area (Å²) in [5, 5.41) is 3.78. The lowest BCUT2D eigenvalue weighted by molar-refractivity contribution is -0.0560. The van der Waals surface area contributed by atoms with Gasteiger partial charge in [0, 0.05) is 44.3 Å². The van der Waals surface area contributed by atoms with Gasteiger partial charge in [0.2, 0.25) is 0 Å². The van der Waals surface area contributed by atoms with E-state index < -0.39 is 0 Å². The Hall–Kier alpha value is -0.160. The first kappa shape index (κ1) is 16.2. The number of morpholine rings is 1. The van der Waals surface area contributed by atoms with Gasteiger partial charge in [0.05, 0.1) is 12.7 Å². The van der Waals surface area contributed by atoms with Crippen LogP contribution in [0.3, 0.4) is 0 Å². The summed E-state index contributed by atoms with van der Waals surface area (Å²) in [4.78, 5) is 5.15. The van der Waals surface area contributed by atoms with Gasteiger partial charge in [-0.3, -0.25) is 9.80 Å². The summed E-state index contributed by atoms with van der Waals surface area (Å²) in [6.45, 7) is 16.8. The van der Waals surface area contributed by atoms with Crippen LogP contribution < -0.4 is 5.32 Å². The average Bonchev–Trinajstić information content (AvgIpc) is 2.50. The SMILES string of the molecule is CCN1CCOC(CN2CC(CC)(CC)NCC2C)C1. The summed E-state index contributed by atoms with van der Waals surface area (Å²) in [6.07, 6.45) is 2.80. The van der Waals surface area contributed by atoms with E-state index in [4.69, 9.17) is 4.74 Å². The average molecular weight is 283 g/mol. The lowest BCUT2D eigenvalue weighted by Gasteiger charge is -2.48. The van der Waals surface area contributed by atoms with Gasteiger partial charge in [-0.25, -0.2) is 0 Å². The highest BCUT2D eigenvalue weighted by Gasteiger charge is 2.36. The molecule has 0 bridgehead atoms. The van der Waals surface area contributed by atoms with Crippen LogP contribution in [0.15, 0.2) is 0 Å². The maximum Gasteiger partial charge on any atom is 0.0829 e. The minimum Gasteiger partial charge on any atom is -0.374 e. The van der Waals surface area contributed by atoms with Crippen molar-refractivity contribution >= 4 is 0 Å². The molecule has 2 aliphatic heterocycles. The Labute approximate surface area is 124 Å². The van der Waals surface area contributed by atoms with Crippen LogP contribution in [0.1, 0.15) is 40.5 Å². The highest BCUT2D eigenvalue weighted by atomic mass is 16.5. The molecule has 2 rings (SSSR count). The van der Waals surface area contributed by atoms with Gasteiger partial charge in [-0.05, 0) is 26.3 Å². The van der Waals surface area contributed by atoms with E-state index in [1.54, 1.807) is 0 Å². The summed E-state index contributed by atoms with van der Waals surface area (Å²) in [7, 11) is 0. The predicted octanol–water partition coefficient (Wildman–Crippen LogP) is 1.56. The molecule has 4 heteroatoms. The molecule has 2 atom stereocenters. The van der Waals surface area contributed by atoms with Gasteiger partial charge in [-0.15, -0.1) is 0 Å². The van der Waals surface area contributed by atoms with Crippen LogP contribution in [-0.2, 0) is 4.74 Å². The molecule has 0 spiro atoms. The molecule has 2 heterocycles. The highest BCUT2D eigenvalue weighted by molar-refractivity contribution is 4.96. The number of nitrogens with one attached hydrogen (secondary N) is 1. The Balaban J connectivity index is 1.92. The van der Waals surface area contributed by atoms with Crippen molar-refractivity contribution in [2.75, 3.05) is 45.9 Å². The van der Waals surface area contributed by atoms with E-state index in [2.05, 4.69) is 42.8 Å². The van der Waals surface area contributed by atoms with E-state index in [0.717, 1.165) is 45.9 Å². The number of rotatable bonds is 5. The number of nitrogens with zero attached hydrogens (tertiary/aromatic N) is 2. The first-order valence-corrected chi connectivity index (χ1v) is 8.45. The van der Waals surface area contributed by atoms with Crippen molar-refractivity contribution in [1.29, 1.82) is 0 Å². The van der Waals surface area contributed by atoms with Gasteiger partial charge in [0.25, 0.3) is 0 Å². The molecule has 20 heavy (non-hydrogen) atoms. The second-order valence-corrected chi connectivity index (χ2v) is 6.53. The monoisotopic (exact) mass is 283 g/mol. The summed E-state index contributed by atoms with van der Waals surface area (Å²) >= 11 is 0. The highest BCUT2D eigenvalue weighted by Crippen LogP contribution is 2.23. The predicted molar refractivity (Wildman–Crippen MR) is 84.2 cm³/mol. The zero-order valence-corrected chi connectivity index (χ0v) is 13.8. The summed E-state index contributed by atoms with van der Waals surface area (Å²) < 4.78 is 5.99. The Morgan fingerprint density at radius 2 is 2.00 bits per heavy atom. The van der Waals surface area contributed by atoms with Crippen molar-refractivity contribution in [3.8, 4) is 0 Å². The fourth-order valence-electron chi connectivity index (χ4n) is 3.50. The molecule has 0 aromatic carbocycles. The van der Waals surface area contributed by atoms with Gasteiger partial charge < -0.3 is 10.1 Å². The third-order valence-electron chi connectivity index (χ3n) is 5.36. The Morgan fingerprint density at radius 3 is 2.65 bits per heavy atom. The van der Waals surface area contributed by atoms with Crippen molar-refractivity contribution in [1.82, 2.24) is 15.1 Å². The van der Waals surface area contributed by atoms with Crippen molar-refractivity contribution in [3.05, 3.63) is 0 Å². The van der Waals surface area contributed by atoms with Gasteiger partial charge in [0.15, 0.2) is 0 Å². The van der Waals surface area contributed by atoms with Crippen molar-refractivity contribution in [2.45, 2.75) is 58.2 Å². The molecule has 118 valence electrons. The largest absolute Gasteiger partial charge is 0.374 e. The van der Waals surface area contributed by atoms with E-state index in [1.807, 2.05) is 0 Å². The van der Waals surface area contributed by atoms with Gasteiger partial charge >= 0.3 is 0 Å². The zero-order valence-electron chi connectivity index (χ0n) is 13.8. The van der Waals surface area contributed by atoms with E-state index in [0.29, 0.717) is 17.7 Å². The zero-order chi connectivity index (χ0) is 14.6. The van der Waals surface area contributed by atoms with Crippen LogP contribution in [0, 0.1) is 0 Å². The standard InChI is InChI=1S/C16H33N3O/c1-5-16(6-2)13-19(14(4)10-17-16)12-15-11-18(7-3)8-9-20-15/h14-15,17H,5-13H2,1-4H3. The maximum atomic E-state index is 5.99. The molecule has 1 N–H and O–H groups in total. The fraction of sp³-hybridized carbons (Fsp3) is 1.00. The van der Waals surface area contributed by atoms with Crippen molar-refractivity contribution < 1.29 is 4.74 Å². The minimum atomic E-state index is 0.311. The normalized spacial score (nSPS) is 32.4. The number of hydrogen-bond donors (Lipinski definition) is 1. The van der Waals surface area contributed by atoms with Crippen molar-refractivity contribution in [3.63, 3.8) is 0 Å². The van der Waals surface area contributed by atoms with Crippen LogP contribution in [0.2, 0.25) is 0 Å². The molecular weight excluding hydrogens is 250 g/mol. The Morgan fingerprint density at radius 1 is 1.25 bits per heavy atom. The smallest absolute Gasteiger partial charge is 0.0829 e. The fourth-order valence-corrected chi connectivity index (χ4v) is 3.50. The Kier molecular flexibility index (Phi) is 5.84. The first-order valence-electron chi connectivity index (χ1n) is 8.45. The summed E-state index contributed by atoms with van der Waals surface area (Å²) in [5.41, 5.74) is 0.311. The number of piperazine rings is 1. The molecule has 4 nitrogen and oxygen atoms in total. The molecule has 0 radical (unpaired) electrons. The number of hydrogen-bond acceptors (Lipinski definition) is 4. The number of likely N-dealkylation sites (N-methyl/N-ethyl adjacent to an activating group) is 1. The van der Waals surface area contributed by atoms with E-state index in [9.17, 15) is 0 Å². The molecule has 0 aromatic heterocycles. The Bertz CT molecular complexity index is 293. The second-order valence-electron chi connectivity index (χ2n) is 6.53. The van der Waals surface area contributed by atoms with Gasteiger partial charge in [0.1, 0.15) is 0 Å². The van der Waals surface area contributed by atoms with E-state index >= 15 is 0 Å². The van der Waals surface area contributed by atoms with Crippen LogP contribution in [0.4, 0.5) is 0 Å². The van der Waals surface area contributed by atoms with Gasteiger partial charge in [-0.2, -0.15) is 0 Å². The first-order chi connectivity index (χ1) is 9.62. The third-order valence-corrected chi connectivity index (χ3v) is 5.36. The molecule has 0 saturated carbocycles. The molecule has 2 saturated heterocycles. The summed E-state index contributed by atoms with van der Waals surface area (Å²) in [6, 6.07) is 0.613. The lowest BCUT2D eigenvalue weighted by atomic mass is 9.88. The molecule has 2 fully saturated rings. The maximum absolute atomic E-state index is 5.99. The third kappa shape index (κ3) is 3.73. The molecule has 0 amide bonds. The number of ether oxygens (including phenoxy) is 1. The van der Waals surface area contributed by atoms with Crippen LogP contribution in [0.5, 0.6) is 0 Å². The minimum absolute atomic E-state index is 0.311. The topological polar surface area (TPSA) is 27.7 Å².